The first-order valence-corrected chi connectivity index (χ1v) is 5.50. The van der Waals surface area contributed by atoms with Gasteiger partial charge in [-0.15, -0.1) is 0 Å². The van der Waals surface area contributed by atoms with E-state index in [1.54, 1.807) is 0 Å². The van der Waals surface area contributed by atoms with Crippen LogP contribution in [0.4, 0.5) is 0 Å². The van der Waals surface area contributed by atoms with E-state index in [1.807, 2.05) is 24.3 Å². The van der Waals surface area contributed by atoms with Crippen LogP contribution in [-0.2, 0) is 17.6 Å². The summed E-state index contributed by atoms with van der Waals surface area (Å²) in [6, 6.07) is 7.94. The molecule has 0 unspecified atom stereocenters. The van der Waals surface area contributed by atoms with Gasteiger partial charge in [0.15, 0.2) is 0 Å². The van der Waals surface area contributed by atoms with Gasteiger partial charge in [-0.1, -0.05) is 47.1 Å². The van der Waals surface area contributed by atoms with Crippen molar-refractivity contribution in [2.75, 3.05) is 0 Å². The van der Waals surface area contributed by atoms with Crippen molar-refractivity contribution in [3.63, 3.8) is 0 Å². The van der Waals surface area contributed by atoms with Gasteiger partial charge in [0, 0.05) is 0 Å². The third-order valence-corrected chi connectivity index (χ3v) is 2.88. The fourth-order valence-corrected chi connectivity index (χ4v) is 1.73. The Kier molecular flexibility index (Phi) is 4.14. The molecule has 0 saturated carbocycles. The quantitative estimate of drug-likeness (QED) is 0.842. The first kappa shape index (κ1) is 11.2. The molecular formula is C11H13BrO2. The number of carboxylic acids is 1. The SMILES string of the molecule is CCc1ccccc1C[C@H](Br)C(=O)O. The van der Waals surface area contributed by atoms with Crippen molar-refractivity contribution in [1.82, 2.24) is 0 Å². The summed E-state index contributed by atoms with van der Waals surface area (Å²) in [5, 5.41) is 8.76. The fraction of sp³-hybridized carbons (Fsp3) is 0.364. The summed E-state index contributed by atoms with van der Waals surface area (Å²) in [7, 11) is 0. The van der Waals surface area contributed by atoms with Crippen LogP contribution in [0.2, 0.25) is 0 Å². The number of aryl methyl sites for hydroxylation is 1. The lowest BCUT2D eigenvalue weighted by Crippen LogP contribution is -2.16. The molecule has 0 saturated heterocycles. The third-order valence-electron chi connectivity index (χ3n) is 2.17. The van der Waals surface area contributed by atoms with Crippen LogP contribution in [0.5, 0.6) is 0 Å². The van der Waals surface area contributed by atoms with E-state index in [0.29, 0.717) is 6.42 Å². The molecule has 2 nitrogen and oxygen atoms in total. The highest BCUT2D eigenvalue weighted by atomic mass is 79.9. The summed E-state index contributed by atoms with van der Waals surface area (Å²) in [4.78, 5) is 10.2. The van der Waals surface area contributed by atoms with E-state index in [4.69, 9.17) is 5.11 Å². The van der Waals surface area contributed by atoms with E-state index < -0.39 is 10.8 Å². The average Bonchev–Trinajstić information content (AvgIpc) is 2.18. The van der Waals surface area contributed by atoms with Gasteiger partial charge >= 0.3 is 5.97 Å². The van der Waals surface area contributed by atoms with Gasteiger partial charge in [-0.3, -0.25) is 4.79 Å². The van der Waals surface area contributed by atoms with Gasteiger partial charge in [-0.25, -0.2) is 0 Å². The predicted octanol–water partition coefficient (Wildman–Crippen LogP) is 2.64. The molecule has 3 heteroatoms. The number of halogens is 1. The molecule has 1 N–H and O–H groups in total. The Hall–Kier alpha value is -0.830. The monoisotopic (exact) mass is 256 g/mol. The van der Waals surface area contributed by atoms with E-state index in [2.05, 4.69) is 22.9 Å². The highest BCUT2D eigenvalue weighted by molar-refractivity contribution is 9.10. The Balaban J connectivity index is 2.80. The second kappa shape index (κ2) is 5.15. The summed E-state index contributed by atoms with van der Waals surface area (Å²) in [6.07, 6.45) is 1.48. The zero-order valence-corrected chi connectivity index (χ0v) is 9.62. The maximum absolute atomic E-state index is 10.7. The predicted molar refractivity (Wildman–Crippen MR) is 59.9 cm³/mol. The largest absolute Gasteiger partial charge is 0.480 e. The minimum atomic E-state index is -0.809. The van der Waals surface area contributed by atoms with E-state index in [-0.39, 0.29) is 0 Å². The van der Waals surface area contributed by atoms with Crippen molar-refractivity contribution < 1.29 is 9.90 Å². The highest BCUT2D eigenvalue weighted by Crippen LogP contribution is 2.15. The van der Waals surface area contributed by atoms with Crippen molar-refractivity contribution in [1.29, 1.82) is 0 Å². The Morgan fingerprint density at radius 3 is 2.50 bits per heavy atom. The number of aliphatic carboxylic acids is 1. The van der Waals surface area contributed by atoms with Crippen molar-refractivity contribution in [3.8, 4) is 0 Å². The lowest BCUT2D eigenvalue weighted by atomic mass is 10.0. The normalized spacial score (nSPS) is 12.4. The lowest BCUT2D eigenvalue weighted by Gasteiger charge is -2.09. The Labute approximate surface area is 92.1 Å². The minimum absolute atomic E-state index is 0.491. The van der Waals surface area contributed by atoms with Gasteiger partial charge in [-0.2, -0.15) is 0 Å². The van der Waals surface area contributed by atoms with Crippen molar-refractivity contribution >= 4 is 21.9 Å². The van der Waals surface area contributed by atoms with Crippen LogP contribution < -0.4 is 0 Å². The second-order valence-electron chi connectivity index (χ2n) is 3.13. The van der Waals surface area contributed by atoms with Crippen molar-refractivity contribution in [3.05, 3.63) is 35.4 Å². The molecule has 14 heavy (non-hydrogen) atoms. The van der Waals surface area contributed by atoms with E-state index in [0.717, 1.165) is 12.0 Å². The molecule has 0 bridgehead atoms. The van der Waals surface area contributed by atoms with E-state index in [9.17, 15) is 4.79 Å². The number of carboxylic acid groups (broad SMARTS) is 1. The van der Waals surface area contributed by atoms with Crippen molar-refractivity contribution in [2.24, 2.45) is 0 Å². The highest BCUT2D eigenvalue weighted by Gasteiger charge is 2.14. The van der Waals surface area contributed by atoms with Crippen LogP contribution in [-0.4, -0.2) is 15.9 Å². The Morgan fingerprint density at radius 1 is 1.43 bits per heavy atom. The standard InChI is InChI=1S/C11H13BrO2/c1-2-8-5-3-4-6-9(8)7-10(12)11(13)14/h3-6,10H,2,7H2,1H3,(H,13,14)/t10-/m0/s1. The topological polar surface area (TPSA) is 37.3 Å². The summed E-state index contributed by atoms with van der Waals surface area (Å²) >= 11 is 3.14. The van der Waals surface area contributed by atoms with Gasteiger partial charge in [0.05, 0.1) is 0 Å². The molecule has 0 fully saturated rings. The Bertz CT molecular complexity index is 323. The number of rotatable bonds is 4. The molecule has 1 aromatic carbocycles. The van der Waals surface area contributed by atoms with Crippen LogP contribution >= 0.6 is 15.9 Å². The molecule has 76 valence electrons. The van der Waals surface area contributed by atoms with E-state index in [1.165, 1.54) is 5.56 Å². The number of benzene rings is 1. The molecule has 0 radical (unpaired) electrons. The first-order chi connectivity index (χ1) is 6.65. The number of hydrogen-bond acceptors (Lipinski definition) is 1. The summed E-state index contributed by atoms with van der Waals surface area (Å²) in [6.45, 7) is 2.07. The van der Waals surface area contributed by atoms with Crippen LogP contribution in [0.25, 0.3) is 0 Å². The second-order valence-corrected chi connectivity index (χ2v) is 4.24. The maximum atomic E-state index is 10.7. The van der Waals surface area contributed by atoms with Gasteiger partial charge in [-0.05, 0) is 24.0 Å². The molecule has 0 heterocycles. The number of carbonyl (C=O) groups is 1. The average molecular weight is 257 g/mol. The molecule has 0 aliphatic carbocycles. The van der Waals surface area contributed by atoms with Gasteiger partial charge in [0.25, 0.3) is 0 Å². The fourth-order valence-electron chi connectivity index (χ4n) is 1.38. The van der Waals surface area contributed by atoms with Crippen LogP contribution in [0.1, 0.15) is 18.1 Å². The van der Waals surface area contributed by atoms with E-state index >= 15 is 0 Å². The molecule has 0 amide bonds. The molecule has 1 rings (SSSR count). The van der Waals surface area contributed by atoms with Gasteiger partial charge in [0.2, 0.25) is 0 Å². The smallest absolute Gasteiger partial charge is 0.317 e. The zero-order valence-electron chi connectivity index (χ0n) is 8.03. The molecular weight excluding hydrogens is 244 g/mol. The summed E-state index contributed by atoms with van der Waals surface area (Å²) in [5.74, 6) is -0.809. The molecule has 1 atom stereocenters. The lowest BCUT2D eigenvalue weighted by molar-refractivity contribution is -0.136. The Morgan fingerprint density at radius 2 is 2.00 bits per heavy atom. The molecule has 0 aromatic heterocycles. The minimum Gasteiger partial charge on any atom is -0.480 e. The van der Waals surface area contributed by atoms with Gasteiger partial charge in [0.1, 0.15) is 4.83 Å². The molecule has 0 aliphatic heterocycles. The van der Waals surface area contributed by atoms with Gasteiger partial charge < -0.3 is 5.11 Å². The van der Waals surface area contributed by atoms with Crippen LogP contribution in [0, 0.1) is 0 Å². The third kappa shape index (κ3) is 2.84. The summed E-state index contributed by atoms with van der Waals surface area (Å²) < 4.78 is 0. The first-order valence-electron chi connectivity index (χ1n) is 4.58. The molecule has 0 aliphatic rings. The summed E-state index contributed by atoms with van der Waals surface area (Å²) in [5.41, 5.74) is 2.33. The van der Waals surface area contributed by atoms with Crippen LogP contribution in [0.3, 0.4) is 0 Å². The van der Waals surface area contributed by atoms with Crippen LogP contribution in [0.15, 0.2) is 24.3 Å². The zero-order chi connectivity index (χ0) is 10.6. The molecule has 1 aromatic rings. The maximum Gasteiger partial charge on any atom is 0.317 e. The number of alkyl halides is 1. The molecule has 0 spiro atoms. The number of hydrogen-bond donors (Lipinski definition) is 1. The van der Waals surface area contributed by atoms with Crippen molar-refractivity contribution in [2.45, 2.75) is 24.6 Å².